The van der Waals surface area contributed by atoms with E-state index in [1.54, 1.807) is 7.11 Å². The molecule has 1 rings (SSSR count). The number of methoxy groups -OCH3 is 1. The summed E-state index contributed by atoms with van der Waals surface area (Å²) in [5.74, 6) is 0.903. The number of aryl methyl sites for hydroxylation is 2. The van der Waals surface area contributed by atoms with Crippen molar-refractivity contribution in [2.45, 2.75) is 26.8 Å². The molecule has 18 heavy (non-hydrogen) atoms. The van der Waals surface area contributed by atoms with E-state index in [0.717, 1.165) is 16.9 Å². The van der Waals surface area contributed by atoms with Crippen molar-refractivity contribution >= 4 is 5.91 Å². The van der Waals surface area contributed by atoms with E-state index < -0.39 is 0 Å². The first-order valence-electron chi connectivity index (χ1n) is 6.14. The minimum atomic E-state index is 0.0468. The fraction of sp³-hybridized carbons (Fsp3) is 0.500. The van der Waals surface area contributed by atoms with Crippen molar-refractivity contribution in [3.8, 4) is 5.75 Å². The van der Waals surface area contributed by atoms with E-state index in [2.05, 4.69) is 16.7 Å². The van der Waals surface area contributed by atoms with Gasteiger partial charge < -0.3 is 15.4 Å². The summed E-state index contributed by atoms with van der Waals surface area (Å²) < 4.78 is 5.38. The van der Waals surface area contributed by atoms with Crippen LogP contribution in [0.25, 0.3) is 0 Å². The smallest absolute Gasteiger partial charge is 0.221 e. The Hall–Kier alpha value is -1.55. The maximum absolute atomic E-state index is 11.6. The summed E-state index contributed by atoms with van der Waals surface area (Å²) in [5.41, 5.74) is 3.29. The molecule has 0 aliphatic heterocycles. The zero-order valence-electron chi connectivity index (χ0n) is 11.6. The second kappa shape index (κ2) is 7.01. The van der Waals surface area contributed by atoms with Crippen LogP contribution in [0.2, 0.25) is 0 Å². The van der Waals surface area contributed by atoms with E-state index in [4.69, 9.17) is 4.74 Å². The molecule has 0 bridgehead atoms. The van der Waals surface area contributed by atoms with Gasteiger partial charge in [0.05, 0.1) is 7.11 Å². The summed E-state index contributed by atoms with van der Waals surface area (Å²) in [6.45, 7) is 5.25. The van der Waals surface area contributed by atoms with Gasteiger partial charge in [0.25, 0.3) is 0 Å². The second-order valence-corrected chi connectivity index (χ2v) is 4.40. The molecule has 0 saturated heterocycles. The zero-order chi connectivity index (χ0) is 13.5. The number of nitrogens with one attached hydrogen (secondary N) is 2. The number of carbonyl (C=O) groups is 1. The third-order valence-electron chi connectivity index (χ3n) is 2.78. The van der Waals surface area contributed by atoms with Gasteiger partial charge in [-0.25, -0.2) is 0 Å². The Morgan fingerprint density at radius 3 is 2.67 bits per heavy atom. The molecule has 0 atom stereocenters. The van der Waals surface area contributed by atoms with Crippen LogP contribution in [0.3, 0.4) is 0 Å². The molecule has 0 spiro atoms. The number of amides is 1. The van der Waals surface area contributed by atoms with Crippen LogP contribution in [0.4, 0.5) is 0 Å². The standard InChI is InChI=1S/C14H22N2O2/c1-10-7-11(2)14(18-4)12(8-10)9-16-13(17)5-6-15-3/h7-8,15H,5-6,9H2,1-4H3,(H,16,17). The molecule has 0 aliphatic rings. The Morgan fingerprint density at radius 1 is 1.33 bits per heavy atom. The van der Waals surface area contributed by atoms with Crippen molar-refractivity contribution in [2.75, 3.05) is 20.7 Å². The number of benzene rings is 1. The van der Waals surface area contributed by atoms with Crippen LogP contribution in [0, 0.1) is 13.8 Å². The zero-order valence-corrected chi connectivity index (χ0v) is 11.6. The SMILES string of the molecule is CNCCC(=O)NCc1cc(C)cc(C)c1OC. The molecule has 1 amide bonds. The Bertz CT molecular complexity index is 417. The fourth-order valence-corrected chi connectivity index (χ4v) is 1.99. The molecule has 0 aromatic heterocycles. The number of ether oxygens (including phenoxy) is 1. The lowest BCUT2D eigenvalue weighted by molar-refractivity contribution is -0.121. The van der Waals surface area contributed by atoms with Crippen LogP contribution in [0.1, 0.15) is 23.1 Å². The van der Waals surface area contributed by atoms with Crippen molar-refractivity contribution < 1.29 is 9.53 Å². The lowest BCUT2D eigenvalue weighted by Crippen LogP contribution is -2.26. The van der Waals surface area contributed by atoms with E-state index in [0.29, 0.717) is 19.5 Å². The Morgan fingerprint density at radius 2 is 2.06 bits per heavy atom. The van der Waals surface area contributed by atoms with Crippen LogP contribution in [0.15, 0.2) is 12.1 Å². The van der Waals surface area contributed by atoms with Gasteiger partial charge in [0.15, 0.2) is 0 Å². The summed E-state index contributed by atoms with van der Waals surface area (Å²) >= 11 is 0. The molecular formula is C14H22N2O2. The van der Waals surface area contributed by atoms with Gasteiger partial charge >= 0.3 is 0 Å². The van der Waals surface area contributed by atoms with Crippen LogP contribution < -0.4 is 15.4 Å². The van der Waals surface area contributed by atoms with Gasteiger partial charge in [-0.1, -0.05) is 17.7 Å². The number of hydrogen-bond acceptors (Lipinski definition) is 3. The van der Waals surface area contributed by atoms with Gasteiger partial charge in [-0.2, -0.15) is 0 Å². The average molecular weight is 250 g/mol. The summed E-state index contributed by atoms with van der Waals surface area (Å²) in [6, 6.07) is 4.12. The lowest BCUT2D eigenvalue weighted by Gasteiger charge is -2.13. The molecule has 0 radical (unpaired) electrons. The van der Waals surface area contributed by atoms with Crippen LogP contribution in [-0.4, -0.2) is 26.6 Å². The Balaban J connectivity index is 2.69. The highest BCUT2D eigenvalue weighted by molar-refractivity contribution is 5.76. The molecule has 0 heterocycles. The molecule has 0 unspecified atom stereocenters. The monoisotopic (exact) mass is 250 g/mol. The molecule has 0 fully saturated rings. The van der Waals surface area contributed by atoms with Gasteiger partial charge in [0.1, 0.15) is 5.75 Å². The fourth-order valence-electron chi connectivity index (χ4n) is 1.99. The Labute approximate surface area is 109 Å². The van der Waals surface area contributed by atoms with Crippen LogP contribution in [-0.2, 0) is 11.3 Å². The molecule has 2 N–H and O–H groups in total. The van der Waals surface area contributed by atoms with Gasteiger partial charge in [-0.15, -0.1) is 0 Å². The van der Waals surface area contributed by atoms with Crippen molar-refractivity contribution in [3.05, 3.63) is 28.8 Å². The highest BCUT2D eigenvalue weighted by atomic mass is 16.5. The second-order valence-electron chi connectivity index (χ2n) is 4.40. The van der Waals surface area contributed by atoms with E-state index in [1.807, 2.05) is 27.0 Å². The molecule has 1 aromatic carbocycles. The van der Waals surface area contributed by atoms with Crippen molar-refractivity contribution in [2.24, 2.45) is 0 Å². The van der Waals surface area contributed by atoms with E-state index in [9.17, 15) is 4.79 Å². The van der Waals surface area contributed by atoms with Gasteiger partial charge in [0.2, 0.25) is 5.91 Å². The first-order valence-corrected chi connectivity index (χ1v) is 6.14. The quantitative estimate of drug-likeness (QED) is 0.805. The topological polar surface area (TPSA) is 50.4 Å². The molecule has 4 heteroatoms. The van der Waals surface area contributed by atoms with Crippen molar-refractivity contribution in [3.63, 3.8) is 0 Å². The maximum Gasteiger partial charge on any atom is 0.221 e. The first-order chi connectivity index (χ1) is 8.58. The van der Waals surface area contributed by atoms with E-state index in [1.165, 1.54) is 5.56 Å². The minimum absolute atomic E-state index is 0.0468. The van der Waals surface area contributed by atoms with Crippen molar-refractivity contribution in [1.82, 2.24) is 10.6 Å². The summed E-state index contributed by atoms with van der Waals surface area (Å²) in [7, 11) is 3.49. The third kappa shape index (κ3) is 4.04. The summed E-state index contributed by atoms with van der Waals surface area (Å²) in [6.07, 6.45) is 0.490. The third-order valence-corrected chi connectivity index (χ3v) is 2.78. The number of carbonyl (C=O) groups excluding carboxylic acids is 1. The van der Waals surface area contributed by atoms with Gasteiger partial charge in [-0.3, -0.25) is 4.79 Å². The number of hydrogen-bond donors (Lipinski definition) is 2. The predicted octanol–water partition coefficient (Wildman–Crippen LogP) is 1.54. The molecule has 0 saturated carbocycles. The number of rotatable bonds is 6. The molecule has 100 valence electrons. The van der Waals surface area contributed by atoms with Gasteiger partial charge in [-0.05, 0) is 26.5 Å². The first kappa shape index (κ1) is 14.5. The van der Waals surface area contributed by atoms with Crippen LogP contribution >= 0.6 is 0 Å². The predicted molar refractivity (Wildman–Crippen MR) is 72.9 cm³/mol. The summed E-state index contributed by atoms with van der Waals surface area (Å²) in [4.78, 5) is 11.6. The summed E-state index contributed by atoms with van der Waals surface area (Å²) in [5, 5.41) is 5.86. The highest BCUT2D eigenvalue weighted by Gasteiger charge is 2.08. The largest absolute Gasteiger partial charge is 0.496 e. The highest BCUT2D eigenvalue weighted by Crippen LogP contribution is 2.24. The average Bonchev–Trinajstić information content (AvgIpc) is 2.33. The lowest BCUT2D eigenvalue weighted by atomic mass is 10.1. The van der Waals surface area contributed by atoms with E-state index in [-0.39, 0.29) is 5.91 Å². The van der Waals surface area contributed by atoms with Crippen molar-refractivity contribution in [1.29, 1.82) is 0 Å². The molecule has 4 nitrogen and oxygen atoms in total. The minimum Gasteiger partial charge on any atom is -0.496 e. The Kier molecular flexibility index (Phi) is 5.65. The van der Waals surface area contributed by atoms with Crippen LogP contribution in [0.5, 0.6) is 5.75 Å². The van der Waals surface area contributed by atoms with Gasteiger partial charge in [0, 0.05) is 25.1 Å². The molecular weight excluding hydrogens is 228 g/mol. The molecule has 0 aliphatic carbocycles. The van der Waals surface area contributed by atoms with E-state index >= 15 is 0 Å². The molecule has 1 aromatic rings. The normalized spacial score (nSPS) is 10.2. The maximum atomic E-state index is 11.6.